The molecule has 3 nitrogen and oxygen atoms in total. The van der Waals surface area contributed by atoms with Crippen LogP contribution in [0.4, 0.5) is 10.1 Å². The Morgan fingerprint density at radius 2 is 2.27 bits per heavy atom. The number of carbonyl (C=O) groups excluding carboxylic acids is 1. The van der Waals surface area contributed by atoms with E-state index in [4.69, 9.17) is 5.73 Å². The summed E-state index contributed by atoms with van der Waals surface area (Å²) in [5.41, 5.74) is 6.02. The van der Waals surface area contributed by atoms with Gasteiger partial charge in [0.25, 0.3) is 5.91 Å². The van der Waals surface area contributed by atoms with Gasteiger partial charge in [0, 0.05) is 12.2 Å². The number of hydrogen-bond acceptors (Lipinski definition) is 2. The molecule has 0 atom stereocenters. The molecule has 0 radical (unpaired) electrons. The van der Waals surface area contributed by atoms with Crippen molar-refractivity contribution in [2.24, 2.45) is 0 Å². The van der Waals surface area contributed by atoms with Crippen molar-refractivity contribution in [3.63, 3.8) is 0 Å². The number of carbonyl (C=O) groups is 1. The van der Waals surface area contributed by atoms with E-state index in [2.05, 4.69) is 5.32 Å². The molecule has 15 heavy (non-hydrogen) atoms. The van der Waals surface area contributed by atoms with E-state index in [1.54, 1.807) is 0 Å². The molecule has 0 bridgehead atoms. The smallest absolute Gasteiger partial charge is 0.253 e. The SMILES string of the molecule is CCCCNC(=O)c1ccc(F)cc1N. The molecule has 3 N–H and O–H groups in total. The van der Waals surface area contributed by atoms with E-state index >= 15 is 0 Å². The third kappa shape index (κ3) is 3.23. The summed E-state index contributed by atoms with van der Waals surface area (Å²) in [5.74, 6) is -0.682. The molecule has 0 fully saturated rings. The lowest BCUT2D eigenvalue weighted by atomic mass is 10.1. The number of anilines is 1. The largest absolute Gasteiger partial charge is 0.398 e. The first-order valence-corrected chi connectivity index (χ1v) is 4.98. The Morgan fingerprint density at radius 3 is 2.87 bits per heavy atom. The van der Waals surface area contributed by atoms with Gasteiger partial charge in [-0.1, -0.05) is 13.3 Å². The van der Waals surface area contributed by atoms with Crippen LogP contribution in [0, 0.1) is 5.82 Å². The first-order chi connectivity index (χ1) is 7.15. The van der Waals surface area contributed by atoms with Crippen LogP contribution in [0.1, 0.15) is 30.1 Å². The average Bonchev–Trinajstić information content (AvgIpc) is 2.17. The molecule has 0 saturated carbocycles. The third-order valence-electron chi connectivity index (χ3n) is 2.07. The van der Waals surface area contributed by atoms with E-state index < -0.39 is 5.82 Å². The minimum atomic E-state index is -0.433. The van der Waals surface area contributed by atoms with Crippen molar-refractivity contribution in [1.29, 1.82) is 0 Å². The summed E-state index contributed by atoms with van der Waals surface area (Å²) in [4.78, 5) is 11.5. The van der Waals surface area contributed by atoms with Gasteiger partial charge in [0.1, 0.15) is 5.82 Å². The van der Waals surface area contributed by atoms with Gasteiger partial charge in [-0.15, -0.1) is 0 Å². The van der Waals surface area contributed by atoms with Gasteiger partial charge in [0.15, 0.2) is 0 Å². The maximum atomic E-state index is 12.7. The van der Waals surface area contributed by atoms with E-state index in [1.807, 2.05) is 6.92 Å². The van der Waals surface area contributed by atoms with Gasteiger partial charge in [0.2, 0.25) is 0 Å². The lowest BCUT2D eigenvalue weighted by molar-refractivity contribution is 0.0954. The number of nitrogens with two attached hydrogens (primary N) is 1. The maximum Gasteiger partial charge on any atom is 0.253 e. The molecule has 1 amide bonds. The van der Waals surface area contributed by atoms with Crippen LogP contribution in [0.5, 0.6) is 0 Å². The molecule has 0 heterocycles. The van der Waals surface area contributed by atoms with Gasteiger partial charge >= 0.3 is 0 Å². The molecule has 0 aliphatic rings. The summed E-state index contributed by atoms with van der Waals surface area (Å²) < 4.78 is 12.7. The molecule has 0 unspecified atom stereocenters. The number of rotatable bonds is 4. The number of nitrogen functional groups attached to an aromatic ring is 1. The average molecular weight is 210 g/mol. The predicted molar refractivity (Wildman–Crippen MR) is 58.1 cm³/mol. The predicted octanol–water partition coefficient (Wildman–Crippen LogP) is 1.94. The minimum Gasteiger partial charge on any atom is -0.398 e. The zero-order valence-electron chi connectivity index (χ0n) is 8.72. The summed E-state index contributed by atoms with van der Waals surface area (Å²) >= 11 is 0. The zero-order chi connectivity index (χ0) is 11.3. The second-order valence-corrected chi connectivity index (χ2v) is 3.34. The van der Waals surface area contributed by atoms with Gasteiger partial charge in [-0.25, -0.2) is 4.39 Å². The van der Waals surface area contributed by atoms with Gasteiger partial charge < -0.3 is 11.1 Å². The van der Waals surface area contributed by atoms with Crippen molar-refractivity contribution in [3.05, 3.63) is 29.6 Å². The van der Waals surface area contributed by atoms with Crippen molar-refractivity contribution in [3.8, 4) is 0 Å². The monoisotopic (exact) mass is 210 g/mol. The second-order valence-electron chi connectivity index (χ2n) is 3.34. The Kier molecular flexibility index (Phi) is 4.09. The van der Waals surface area contributed by atoms with Crippen LogP contribution >= 0.6 is 0 Å². The normalized spacial score (nSPS) is 10.0. The fraction of sp³-hybridized carbons (Fsp3) is 0.364. The number of unbranched alkanes of at least 4 members (excludes halogenated alkanes) is 1. The highest BCUT2D eigenvalue weighted by Crippen LogP contribution is 2.12. The Labute approximate surface area is 88.5 Å². The molecule has 0 saturated heterocycles. The molecule has 0 aliphatic carbocycles. The lowest BCUT2D eigenvalue weighted by Crippen LogP contribution is -2.25. The van der Waals surface area contributed by atoms with Gasteiger partial charge in [-0.05, 0) is 24.6 Å². The molecule has 0 aliphatic heterocycles. The van der Waals surface area contributed by atoms with Gasteiger partial charge in [0.05, 0.1) is 5.56 Å². The van der Waals surface area contributed by atoms with E-state index in [1.165, 1.54) is 12.1 Å². The molecule has 82 valence electrons. The fourth-order valence-corrected chi connectivity index (χ4v) is 1.21. The van der Waals surface area contributed by atoms with Crippen molar-refractivity contribution in [2.75, 3.05) is 12.3 Å². The number of nitrogens with one attached hydrogen (secondary N) is 1. The first kappa shape index (κ1) is 11.5. The lowest BCUT2D eigenvalue weighted by Gasteiger charge is -2.06. The topological polar surface area (TPSA) is 55.1 Å². The fourth-order valence-electron chi connectivity index (χ4n) is 1.21. The molecule has 4 heteroatoms. The quantitative estimate of drug-likeness (QED) is 0.589. The molecule has 0 spiro atoms. The Morgan fingerprint density at radius 1 is 1.53 bits per heavy atom. The van der Waals surface area contributed by atoms with Crippen molar-refractivity contribution in [2.45, 2.75) is 19.8 Å². The van der Waals surface area contributed by atoms with Crippen LogP contribution < -0.4 is 11.1 Å². The van der Waals surface area contributed by atoms with Crippen LogP contribution in [0.3, 0.4) is 0 Å². The second kappa shape index (κ2) is 5.34. The molecule has 1 aromatic carbocycles. The standard InChI is InChI=1S/C11H15FN2O/c1-2-3-6-14-11(15)9-5-4-8(12)7-10(9)13/h4-5,7H,2-3,6,13H2,1H3,(H,14,15). The number of amides is 1. The van der Waals surface area contributed by atoms with E-state index in [0.29, 0.717) is 12.1 Å². The van der Waals surface area contributed by atoms with Crippen LogP contribution in [0.2, 0.25) is 0 Å². The molecule has 0 aromatic heterocycles. The highest BCUT2D eigenvalue weighted by atomic mass is 19.1. The van der Waals surface area contributed by atoms with Crippen molar-refractivity contribution in [1.82, 2.24) is 5.32 Å². The summed E-state index contributed by atoms with van der Waals surface area (Å²) in [7, 11) is 0. The highest BCUT2D eigenvalue weighted by Gasteiger charge is 2.08. The van der Waals surface area contributed by atoms with E-state index in [9.17, 15) is 9.18 Å². The van der Waals surface area contributed by atoms with Crippen LogP contribution in [-0.4, -0.2) is 12.5 Å². The Balaban J connectivity index is 2.65. The number of halogens is 1. The summed E-state index contributed by atoms with van der Waals surface area (Å²) in [6.07, 6.45) is 1.94. The van der Waals surface area contributed by atoms with Crippen molar-refractivity contribution < 1.29 is 9.18 Å². The first-order valence-electron chi connectivity index (χ1n) is 4.98. The Hall–Kier alpha value is -1.58. The summed E-state index contributed by atoms with van der Waals surface area (Å²) in [5, 5.41) is 2.72. The molecular formula is C11H15FN2O. The van der Waals surface area contributed by atoms with E-state index in [0.717, 1.165) is 18.9 Å². The zero-order valence-corrected chi connectivity index (χ0v) is 8.72. The van der Waals surface area contributed by atoms with Crippen molar-refractivity contribution >= 4 is 11.6 Å². The number of benzene rings is 1. The van der Waals surface area contributed by atoms with Crippen LogP contribution in [-0.2, 0) is 0 Å². The number of hydrogen-bond donors (Lipinski definition) is 2. The highest BCUT2D eigenvalue weighted by molar-refractivity contribution is 5.99. The van der Waals surface area contributed by atoms with Crippen LogP contribution in [0.25, 0.3) is 0 Å². The molecular weight excluding hydrogens is 195 g/mol. The minimum absolute atomic E-state index is 0.170. The van der Waals surface area contributed by atoms with E-state index in [-0.39, 0.29) is 11.6 Å². The summed E-state index contributed by atoms with van der Waals surface area (Å²) in [6, 6.07) is 3.77. The summed E-state index contributed by atoms with van der Waals surface area (Å²) in [6.45, 7) is 2.66. The molecule has 1 rings (SSSR count). The van der Waals surface area contributed by atoms with Crippen LogP contribution in [0.15, 0.2) is 18.2 Å². The maximum absolute atomic E-state index is 12.7. The van der Waals surface area contributed by atoms with Gasteiger partial charge in [-0.3, -0.25) is 4.79 Å². The third-order valence-corrected chi connectivity index (χ3v) is 2.07. The Bertz CT molecular complexity index is 352. The molecule has 1 aromatic rings. The van der Waals surface area contributed by atoms with Gasteiger partial charge in [-0.2, -0.15) is 0 Å².